The Balaban J connectivity index is 1.86. The lowest BCUT2D eigenvalue weighted by atomic mass is 10.0. The molecule has 0 spiro atoms. The van der Waals surface area contributed by atoms with Crippen LogP contribution in [0.5, 0.6) is 17.2 Å². The predicted molar refractivity (Wildman–Crippen MR) is 186 cm³/mol. The summed E-state index contributed by atoms with van der Waals surface area (Å²) in [6.45, 7) is 1.73. The number of methoxy groups -OCH3 is 3. The van der Waals surface area contributed by atoms with Crippen LogP contribution in [0.2, 0.25) is 5.02 Å². The van der Waals surface area contributed by atoms with E-state index in [9.17, 15) is 18.0 Å². The van der Waals surface area contributed by atoms with Gasteiger partial charge in [-0.2, -0.15) is 0 Å². The Bertz CT molecular complexity index is 1790. The number of sulfonamides is 1. The smallest absolute Gasteiger partial charge is 0.265 e. The minimum atomic E-state index is -4.47. The molecule has 10 nitrogen and oxygen atoms in total. The molecule has 0 unspecified atom stereocenters. The Morgan fingerprint density at radius 1 is 0.792 bits per heavy atom. The van der Waals surface area contributed by atoms with Crippen LogP contribution in [0.1, 0.15) is 24.5 Å². The maximum Gasteiger partial charge on any atom is 0.265 e. The van der Waals surface area contributed by atoms with Gasteiger partial charge in [-0.15, -0.1) is 0 Å². The van der Waals surface area contributed by atoms with Gasteiger partial charge in [-0.25, -0.2) is 8.42 Å². The maximum atomic E-state index is 14.6. The van der Waals surface area contributed by atoms with Crippen molar-refractivity contribution in [3.05, 3.63) is 113 Å². The third-order valence-electron chi connectivity index (χ3n) is 7.65. The molecular formula is C36H40ClN3O7S. The molecule has 0 saturated heterocycles. The van der Waals surface area contributed by atoms with Crippen LogP contribution in [0.15, 0.2) is 102 Å². The van der Waals surface area contributed by atoms with Gasteiger partial charge in [-0.05, 0) is 47.9 Å². The SMILES string of the molecule is CCCNC(=O)[C@@H](Cc1ccccc1)N(Cc1ccccc1)C(=O)CN(c1cc(Cl)ccc1OC)S(=O)(=O)c1ccc(OC)c(OC)c1. The third-order valence-corrected chi connectivity index (χ3v) is 9.64. The van der Waals surface area contributed by atoms with E-state index in [0.29, 0.717) is 18.7 Å². The first-order valence-corrected chi connectivity index (χ1v) is 17.2. The highest BCUT2D eigenvalue weighted by Crippen LogP contribution is 2.37. The molecule has 0 aliphatic heterocycles. The fourth-order valence-corrected chi connectivity index (χ4v) is 6.77. The molecule has 4 aromatic carbocycles. The van der Waals surface area contributed by atoms with Crippen LogP contribution in [-0.2, 0) is 32.6 Å². The van der Waals surface area contributed by atoms with Crippen LogP contribution in [0.3, 0.4) is 0 Å². The standard InChI is InChI=1S/C36H40ClN3O7S/c1-5-20-38-36(42)31(21-26-12-8-6-9-13-26)39(24-27-14-10-7-11-15-27)35(41)25-40(30-22-28(37)16-18-32(30)45-2)48(43,44)29-17-19-33(46-3)34(23-29)47-4/h6-19,22-23,31H,5,20-21,24-25H2,1-4H3,(H,38,42)/t31-/m1/s1. The zero-order chi connectivity index (χ0) is 34.7. The topological polar surface area (TPSA) is 114 Å². The van der Waals surface area contributed by atoms with Crippen molar-refractivity contribution in [1.29, 1.82) is 0 Å². The largest absolute Gasteiger partial charge is 0.495 e. The van der Waals surface area contributed by atoms with Crippen molar-refractivity contribution >= 4 is 39.1 Å². The summed E-state index contributed by atoms with van der Waals surface area (Å²) in [5, 5.41) is 3.17. The molecule has 0 fully saturated rings. The van der Waals surface area contributed by atoms with E-state index < -0.39 is 28.5 Å². The number of benzene rings is 4. The van der Waals surface area contributed by atoms with Gasteiger partial charge in [-0.3, -0.25) is 13.9 Å². The van der Waals surface area contributed by atoms with Gasteiger partial charge in [0, 0.05) is 30.6 Å². The van der Waals surface area contributed by atoms with Crippen molar-refractivity contribution < 1.29 is 32.2 Å². The molecule has 254 valence electrons. The molecular weight excluding hydrogens is 654 g/mol. The number of hydrogen-bond acceptors (Lipinski definition) is 7. The molecule has 1 atom stereocenters. The van der Waals surface area contributed by atoms with E-state index in [4.69, 9.17) is 25.8 Å². The maximum absolute atomic E-state index is 14.6. The van der Waals surface area contributed by atoms with Crippen LogP contribution in [-0.4, -0.2) is 65.6 Å². The molecule has 0 aliphatic carbocycles. The van der Waals surface area contributed by atoms with Gasteiger partial charge < -0.3 is 24.4 Å². The van der Waals surface area contributed by atoms with Crippen LogP contribution < -0.4 is 23.8 Å². The van der Waals surface area contributed by atoms with Gasteiger partial charge in [0.05, 0.1) is 31.9 Å². The number of carbonyl (C=O) groups excluding carboxylic acids is 2. The first-order valence-electron chi connectivity index (χ1n) is 15.4. The molecule has 1 N–H and O–H groups in total. The van der Waals surface area contributed by atoms with Gasteiger partial charge >= 0.3 is 0 Å². The highest BCUT2D eigenvalue weighted by molar-refractivity contribution is 7.92. The number of hydrogen-bond donors (Lipinski definition) is 1. The fraction of sp³-hybridized carbons (Fsp3) is 0.278. The van der Waals surface area contributed by atoms with Crippen molar-refractivity contribution in [2.24, 2.45) is 0 Å². The quantitative estimate of drug-likeness (QED) is 0.160. The number of nitrogens with one attached hydrogen (secondary N) is 1. The normalized spacial score (nSPS) is 11.7. The summed E-state index contributed by atoms with van der Waals surface area (Å²) >= 11 is 6.38. The van der Waals surface area contributed by atoms with Crippen molar-refractivity contribution in [2.75, 3.05) is 38.7 Å². The summed E-state index contributed by atoms with van der Waals surface area (Å²) in [6.07, 6.45) is 0.903. The summed E-state index contributed by atoms with van der Waals surface area (Å²) in [5.74, 6) is -0.274. The Kier molecular flexibility index (Phi) is 12.7. The molecule has 4 aromatic rings. The first-order chi connectivity index (χ1) is 23.1. The molecule has 0 saturated carbocycles. The van der Waals surface area contributed by atoms with E-state index >= 15 is 0 Å². The second-order valence-electron chi connectivity index (χ2n) is 10.8. The lowest BCUT2D eigenvalue weighted by Crippen LogP contribution is -2.53. The lowest BCUT2D eigenvalue weighted by molar-refractivity contribution is -0.140. The monoisotopic (exact) mass is 693 g/mol. The zero-order valence-electron chi connectivity index (χ0n) is 27.4. The average molecular weight is 694 g/mol. The molecule has 12 heteroatoms. The summed E-state index contributed by atoms with van der Waals surface area (Å²) < 4.78 is 46.2. The number of nitrogens with zero attached hydrogens (tertiary/aromatic N) is 2. The summed E-state index contributed by atoms with van der Waals surface area (Å²) in [4.78, 5) is 29.7. The van der Waals surface area contributed by atoms with Gasteiger partial charge in [0.25, 0.3) is 10.0 Å². The van der Waals surface area contributed by atoms with Gasteiger partial charge in [-0.1, -0.05) is 79.2 Å². The Hall–Kier alpha value is -4.74. The Morgan fingerprint density at radius 2 is 1.40 bits per heavy atom. The molecule has 4 rings (SSSR count). The average Bonchev–Trinajstić information content (AvgIpc) is 3.11. The molecule has 0 aromatic heterocycles. The summed E-state index contributed by atoms with van der Waals surface area (Å²) in [7, 11) is -0.238. The van der Waals surface area contributed by atoms with Crippen molar-refractivity contribution in [3.8, 4) is 17.2 Å². The van der Waals surface area contributed by atoms with Crippen molar-refractivity contribution in [3.63, 3.8) is 0 Å². The number of halogens is 1. The van der Waals surface area contributed by atoms with Gasteiger partial charge in [0.1, 0.15) is 18.3 Å². The van der Waals surface area contributed by atoms with Gasteiger partial charge in [0.2, 0.25) is 11.8 Å². The Labute approximate surface area is 287 Å². The van der Waals surface area contributed by atoms with E-state index in [-0.39, 0.29) is 46.0 Å². The number of amides is 2. The lowest BCUT2D eigenvalue weighted by Gasteiger charge is -2.34. The van der Waals surface area contributed by atoms with E-state index in [1.54, 1.807) is 6.07 Å². The predicted octanol–water partition coefficient (Wildman–Crippen LogP) is 5.73. The molecule has 0 radical (unpaired) electrons. The highest BCUT2D eigenvalue weighted by Gasteiger charge is 2.36. The van der Waals surface area contributed by atoms with Crippen LogP contribution in [0, 0.1) is 0 Å². The minimum Gasteiger partial charge on any atom is -0.495 e. The molecule has 0 heterocycles. The minimum absolute atomic E-state index is 0.0443. The number of carbonyl (C=O) groups is 2. The molecule has 0 bridgehead atoms. The van der Waals surface area contributed by atoms with E-state index in [1.807, 2.05) is 67.6 Å². The van der Waals surface area contributed by atoms with Crippen LogP contribution in [0.4, 0.5) is 5.69 Å². The zero-order valence-corrected chi connectivity index (χ0v) is 29.0. The van der Waals surface area contributed by atoms with Crippen molar-refractivity contribution in [1.82, 2.24) is 10.2 Å². The van der Waals surface area contributed by atoms with E-state index in [0.717, 1.165) is 15.4 Å². The number of ether oxygens (including phenoxy) is 3. The Morgan fingerprint density at radius 3 is 2.00 bits per heavy atom. The second-order valence-corrected chi connectivity index (χ2v) is 13.1. The number of anilines is 1. The highest BCUT2D eigenvalue weighted by atomic mass is 35.5. The molecule has 48 heavy (non-hydrogen) atoms. The van der Waals surface area contributed by atoms with Crippen LogP contribution >= 0.6 is 11.6 Å². The first kappa shape index (κ1) is 36.1. The molecule has 2 amide bonds. The van der Waals surface area contributed by atoms with Crippen LogP contribution in [0.25, 0.3) is 0 Å². The van der Waals surface area contributed by atoms with Crippen molar-refractivity contribution in [2.45, 2.75) is 37.2 Å². The summed E-state index contributed by atoms with van der Waals surface area (Å²) in [5.41, 5.74) is 1.65. The fourth-order valence-electron chi connectivity index (χ4n) is 5.18. The van der Waals surface area contributed by atoms with E-state index in [2.05, 4.69) is 5.32 Å². The number of rotatable bonds is 16. The third kappa shape index (κ3) is 8.78. The summed E-state index contributed by atoms with van der Waals surface area (Å²) in [6, 6.07) is 26.3. The van der Waals surface area contributed by atoms with E-state index in [1.165, 1.54) is 56.6 Å². The van der Waals surface area contributed by atoms with Gasteiger partial charge in [0.15, 0.2) is 11.5 Å². The second kappa shape index (κ2) is 16.9. The molecule has 0 aliphatic rings.